The summed E-state index contributed by atoms with van der Waals surface area (Å²) in [6, 6.07) is 4.11. The number of amides is 2. The van der Waals surface area contributed by atoms with E-state index in [4.69, 9.17) is 4.42 Å². The minimum absolute atomic E-state index is 0.0850. The quantitative estimate of drug-likeness (QED) is 0.926. The first-order valence-corrected chi connectivity index (χ1v) is 7.74. The fraction of sp³-hybridized carbons (Fsp3) is 0.412. The Morgan fingerprint density at radius 3 is 2.83 bits per heavy atom. The van der Waals surface area contributed by atoms with E-state index in [0.29, 0.717) is 23.9 Å². The molecule has 2 amide bonds. The van der Waals surface area contributed by atoms with E-state index in [1.165, 1.54) is 11.0 Å². The van der Waals surface area contributed by atoms with Crippen molar-refractivity contribution in [2.75, 3.05) is 13.6 Å². The lowest BCUT2D eigenvalue weighted by Gasteiger charge is -2.33. The van der Waals surface area contributed by atoms with Gasteiger partial charge in [-0.1, -0.05) is 12.1 Å². The maximum absolute atomic E-state index is 13.9. The zero-order chi connectivity index (χ0) is 16.6. The number of carbonyl (C=O) groups is 2. The molecule has 1 aliphatic rings. The number of furan rings is 1. The standard InChI is InChI=1S/C17H19FN2O3/c1-10-11-6-5-7-12(18)15(11)23-14(10)17(22)20-9-4-3-8-13(20)16(21)19-2/h5-7,13H,3-4,8-9H2,1-2H3,(H,19,21). The number of hydrogen-bond acceptors (Lipinski definition) is 3. The molecule has 1 fully saturated rings. The van der Waals surface area contributed by atoms with Crippen LogP contribution in [-0.2, 0) is 4.79 Å². The lowest BCUT2D eigenvalue weighted by atomic mass is 10.0. The van der Waals surface area contributed by atoms with E-state index < -0.39 is 11.9 Å². The van der Waals surface area contributed by atoms with Crippen LogP contribution in [0.3, 0.4) is 0 Å². The number of para-hydroxylation sites is 1. The van der Waals surface area contributed by atoms with Crippen LogP contribution in [0.25, 0.3) is 11.0 Å². The predicted octanol–water partition coefficient (Wildman–Crippen LogP) is 2.62. The number of halogens is 1. The number of likely N-dealkylation sites (tertiary alicyclic amines) is 1. The molecule has 122 valence electrons. The van der Waals surface area contributed by atoms with E-state index in [1.54, 1.807) is 26.1 Å². The summed E-state index contributed by atoms with van der Waals surface area (Å²) in [5, 5.41) is 3.18. The third-order valence-corrected chi connectivity index (χ3v) is 4.42. The molecule has 1 saturated heterocycles. The molecule has 5 nitrogen and oxygen atoms in total. The zero-order valence-corrected chi connectivity index (χ0v) is 13.2. The van der Waals surface area contributed by atoms with Crippen molar-refractivity contribution in [1.82, 2.24) is 10.2 Å². The summed E-state index contributed by atoms with van der Waals surface area (Å²) in [7, 11) is 1.56. The largest absolute Gasteiger partial charge is 0.448 e. The second-order valence-corrected chi connectivity index (χ2v) is 5.80. The number of fused-ring (bicyclic) bond motifs is 1. The lowest BCUT2D eigenvalue weighted by Crippen LogP contribution is -2.51. The molecule has 1 aromatic carbocycles. The Balaban J connectivity index is 2.00. The highest BCUT2D eigenvalue weighted by atomic mass is 19.1. The fourth-order valence-corrected chi connectivity index (χ4v) is 3.16. The smallest absolute Gasteiger partial charge is 0.290 e. The average molecular weight is 318 g/mol. The van der Waals surface area contributed by atoms with Crippen molar-refractivity contribution in [3.8, 4) is 0 Å². The van der Waals surface area contributed by atoms with Gasteiger partial charge in [0.2, 0.25) is 5.91 Å². The average Bonchev–Trinajstić information content (AvgIpc) is 2.92. The molecule has 2 heterocycles. The van der Waals surface area contributed by atoms with Crippen LogP contribution in [0.4, 0.5) is 4.39 Å². The van der Waals surface area contributed by atoms with Crippen molar-refractivity contribution in [3.63, 3.8) is 0 Å². The molecule has 1 unspecified atom stereocenters. The summed E-state index contributed by atoms with van der Waals surface area (Å²) in [5.74, 6) is -0.920. The summed E-state index contributed by atoms with van der Waals surface area (Å²) in [6.45, 7) is 2.23. The van der Waals surface area contributed by atoms with Crippen molar-refractivity contribution in [1.29, 1.82) is 0 Å². The number of hydrogen-bond donors (Lipinski definition) is 1. The zero-order valence-electron chi connectivity index (χ0n) is 13.2. The van der Waals surface area contributed by atoms with Crippen LogP contribution < -0.4 is 5.32 Å². The summed E-state index contributed by atoms with van der Waals surface area (Å²) in [4.78, 5) is 26.4. The van der Waals surface area contributed by atoms with Crippen LogP contribution in [-0.4, -0.2) is 36.3 Å². The van der Waals surface area contributed by atoms with Crippen molar-refractivity contribution >= 4 is 22.8 Å². The van der Waals surface area contributed by atoms with E-state index in [9.17, 15) is 14.0 Å². The van der Waals surface area contributed by atoms with Gasteiger partial charge in [0.05, 0.1) is 0 Å². The number of nitrogens with one attached hydrogen (secondary N) is 1. The predicted molar refractivity (Wildman–Crippen MR) is 83.7 cm³/mol. The Bertz CT molecular complexity index is 769. The number of benzene rings is 1. The number of aryl methyl sites for hydroxylation is 1. The molecular weight excluding hydrogens is 299 g/mol. The van der Waals surface area contributed by atoms with Gasteiger partial charge in [-0.05, 0) is 32.3 Å². The molecule has 1 N–H and O–H groups in total. The molecule has 3 rings (SSSR count). The normalized spacial score (nSPS) is 18.2. The molecule has 0 aliphatic carbocycles. The van der Waals surface area contributed by atoms with E-state index in [0.717, 1.165) is 12.8 Å². The molecular formula is C17H19FN2O3. The van der Waals surface area contributed by atoms with Crippen molar-refractivity contribution < 1.29 is 18.4 Å². The van der Waals surface area contributed by atoms with Gasteiger partial charge in [0.25, 0.3) is 5.91 Å². The second-order valence-electron chi connectivity index (χ2n) is 5.80. The van der Waals surface area contributed by atoms with E-state index in [2.05, 4.69) is 5.32 Å². The van der Waals surface area contributed by atoms with Gasteiger partial charge in [0.15, 0.2) is 17.2 Å². The van der Waals surface area contributed by atoms with Gasteiger partial charge in [0.1, 0.15) is 6.04 Å². The summed E-state index contributed by atoms with van der Waals surface area (Å²) < 4.78 is 19.4. The summed E-state index contributed by atoms with van der Waals surface area (Å²) in [5.41, 5.74) is 0.688. The van der Waals surface area contributed by atoms with Crippen LogP contribution in [0.2, 0.25) is 0 Å². The highest BCUT2D eigenvalue weighted by molar-refractivity contribution is 6.01. The van der Waals surface area contributed by atoms with Crippen molar-refractivity contribution in [2.24, 2.45) is 0 Å². The molecule has 0 saturated carbocycles. The van der Waals surface area contributed by atoms with Gasteiger partial charge < -0.3 is 14.6 Å². The summed E-state index contributed by atoms with van der Waals surface area (Å²) >= 11 is 0. The van der Waals surface area contributed by atoms with Crippen LogP contribution in [0.1, 0.15) is 35.4 Å². The Kier molecular flexibility index (Phi) is 4.07. The van der Waals surface area contributed by atoms with Crippen molar-refractivity contribution in [3.05, 3.63) is 35.3 Å². The highest BCUT2D eigenvalue weighted by Crippen LogP contribution is 2.29. The van der Waals surface area contributed by atoms with E-state index in [-0.39, 0.29) is 23.2 Å². The van der Waals surface area contributed by atoms with Crippen LogP contribution in [0, 0.1) is 12.7 Å². The molecule has 0 bridgehead atoms. The molecule has 6 heteroatoms. The molecule has 1 aromatic heterocycles. The minimum atomic E-state index is -0.501. The van der Waals surface area contributed by atoms with E-state index >= 15 is 0 Å². The van der Waals surface area contributed by atoms with Gasteiger partial charge >= 0.3 is 0 Å². The molecule has 1 atom stereocenters. The highest BCUT2D eigenvalue weighted by Gasteiger charge is 2.34. The van der Waals surface area contributed by atoms with E-state index in [1.807, 2.05) is 0 Å². The van der Waals surface area contributed by atoms with Crippen LogP contribution >= 0.6 is 0 Å². The van der Waals surface area contributed by atoms with Gasteiger partial charge in [0, 0.05) is 24.5 Å². The van der Waals surface area contributed by atoms with Gasteiger partial charge in [-0.15, -0.1) is 0 Å². The van der Waals surface area contributed by atoms with Crippen LogP contribution in [0.15, 0.2) is 22.6 Å². The topological polar surface area (TPSA) is 62.6 Å². The van der Waals surface area contributed by atoms with Gasteiger partial charge in [-0.2, -0.15) is 0 Å². The van der Waals surface area contributed by atoms with Crippen LogP contribution in [0.5, 0.6) is 0 Å². The van der Waals surface area contributed by atoms with Gasteiger partial charge in [-0.25, -0.2) is 4.39 Å². The Hall–Kier alpha value is -2.37. The maximum Gasteiger partial charge on any atom is 0.290 e. The third kappa shape index (κ3) is 2.58. The SMILES string of the molecule is CNC(=O)C1CCCCN1C(=O)c1oc2c(F)cccc2c1C. The minimum Gasteiger partial charge on any atom is -0.448 e. The molecule has 23 heavy (non-hydrogen) atoms. The van der Waals surface area contributed by atoms with Gasteiger partial charge in [-0.3, -0.25) is 9.59 Å². The molecule has 0 spiro atoms. The molecule has 0 radical (unpaired) electrons. The number of carbonyl (C=O) groups excluding carboxylic acids is 2. The lowest BCUT2D eigenvalue weighted by molar-refractivity contribution is -0.126. The first-order chi connectivity index (χ1) is 11.0. The number of likely N-dealkylation sites (N-methyl/N-ethyl adjacent to an activating group) is 1. The fourth-order valence-electron chi connectivity index (χ4n) is 3.16. The second kappa shape index (κ2) is 6.02. The third-order valence-electron chi connectivity index (χ3n) is 4.42. The van der Waals surface area contributed by atoms with Crippen molar-refractivity contribution in [2.45, 2.75) is 32.2 Å². The Morgan fingerprint density at radius 2 is 2.13 bits per heavy atom. The first-order valence-electron chi connectivity index (χ1n) is 7.74. The maximum atomic E-state index is 13.9. The number of rotatable bonds is 2. The number of nitrogens with zero attached hydrogens (tertiary/aromatic N) is 1. The molecule has 2 aromatic rings. The Labute approximate surface area is 133 Å². The number of piperidine rings is 1. The Morgan fingerprint density at radius 1 is 1.35 bits per heavy atom. The molecule has 1 aliphatic heterocycles. The summed E-state index contributed by atoms with van der Waals surface area (Å²) in [6.07, 6.45) is 2.36. The first kappa shape index (κ1) is 15.5. The monoisotopic (exact) mass is 318 g/mol.